The molecule has 51 atom stereocenters. The van der Waals surface area contributed by atoms with Crippen LogP contribution in [0, 0.1) is 50.2 Å². The Hall–Kier alpha value is -2.43. The van der Waals surface area contributed by atoms with Gasteiger partial charge >= 0.3 is 5.97 Å². The number of allylic oxidation sites excluding steroid dienone is 2. The quantitative estimate of drug-likeness (QED) is 0.0272. The number of fused-ring (bicyclic) bond motifs is 7. The molecule has 24 N–H and O–H groups in total. The fourth-order valence-corrected chi connectivity index (χ4v) is 23.0. The molecule has 9 heterocycles. The molecule has 13 fully saturated rings. The van der Waals surface area contributed by atoms with Gasteiger partial charge in [-0.15, -0.1) is 0 Å². The molecule has 0 aromatic carbocycles. The van der Waals surface area contributed by atoms with Crippen molar-refractivity contribution >= 4 is 5.97 Å². The molecule has 9 aliphatic heterocycles. The van der Waals surface area contributed by atoms with Crippen molar-refractivity contribution in [2.75, 3.05) is 39.6 Å². The molecule has 14 aliphatic rings. The molecular weight excluding hydrogens is 1670 g/mol. The summed E-state index contributed by atoms with van der Waals surface area (Å²) in [6.07, 6.45) is -65.8. The second kappa shape index (κ2) is 38.0. The van der Waals surface area contributed by atoms with E-state index >= 15 is 4.79 Å². The van der Waals surface area contributed by atoms with Crippen LogP contribution in [-0.2, 0) is 90.1 Å². The molecule has 720 valence electrons. The molecule has 0 bridgehead atoms. The molecule has 9 saturated heterocycles. The van der Waals surface area contributed by atoms with E-state index in [2.05, 4.69) is 54.5 Å². The van der Waals surface area contributed by atoms with Gasteiger partial charge in [-0.3, -0.25) is 4.79 Å². The van der Waals surface area contributed by atoms with Gasteiger partial charge in [-0.2, -0.15) is 0 Å². The first-order valence-electron chi connectivity index (χ1n) is 43.8. The smallest absolute Gasteiger partial charge is 0.315 e. The number of rotatable bonds is 22. The van der Waals surface area contributed by atoms with E-state index in [0.29, 0.717) is 51.4 Å². The molecule has 43 nitrogen and oxygen atoms in total. The predicted molar refractivity (Wildman–Crippen MR) is 410 cm³/mol. The third kappa shape index (κ3) is 18.0. The molecule has 43 heteroatoms. The van der Waals surface area contributed by atoms with Crippen molar-refractivity contribution in [1.29, 1.82) is 0 Å². The van der Waals surface area contributed by atoms with Gasteiger partial charge in [0.15, 0.2) is 50.3 Å². The first-order chi connectivity index (χ1) is 58.7. The zero-order chi connectivity index (χ0) is 91.0. The van der Waals surface area contributed by atoms with Gasteiger partial charge in [0.25, 0.3) is 0 Å². The van der Waals surface area contributed by atoms with E-state index in [1.54, 1.807) is 0 Å². The lowest BCUT2D eigenvalue weighted by Crippen LogP contribution is -2.67. The molecule has 1 unspecified atom stereocenters. The summed E-state index contributed by atoms with van der Waals surface area (Å²) in [5.41, 5.74) is -1.87. The van der Waals surface area contributed by atoms with Crippen molar-refractivity contribution in [2.45, 2.75) is 404 Å². The SMILES string of the molecule is C[C@@H]1O[C@@H](OC[C@H]2O[C@@H](O[C@H]3[C@H](O)[C@@H](O)[C@H](O[C@@H]4CO[C@@H](O[C@@H]5[C@@H](O)[C@H](C)O[C@@H](O[C@H]6[C@H](O[C@H]7CC[C@]8(C)[C@H]9CC=C%10[C@@H]%11CC(C)(C)CC[C@]%11(C(=O)O[C@@H]%11O[C@H](CO[C@@H]%12O[C@H](CO)[C@@H](O[C@@H]%13O[C@@H](C)[C@H](O)[C@@H](O)[C@H]%13O)[C@H](O)[C@H]%12O)[C@@H](O)[C@H](O)[C@H]%11O)CC[C@@]%10(C)[C@]9(C)CC[C@H]8C7(C)C)OC[C@H](O)[C@@H]6O)[C@@H]5O)[C@H](O)[C@@H]4O)O[C@@H]3CO)C(O)[C@@H](O)[C@@H]2O)[C@H](O)[C@H](O)[C@H]1O. The highest BCUT2D eigenvalue weighted by Gasteiger charge is 2.71. The van der Waals surface area contributed by atoms with Crippen LogP contribution in [0.4, 0.5) is 0 Å². The van der Waals surface area contributed by atoms with Crippen molar-refractivity contribution < 1.29 is 213 Å². The van der Waals surface area contributed by atoms with Gasteiger partial charge < -0.3 is 208 Å². The summed E-state index contributed by atoms with van der Waals surface area (Å²) in [4.78, 5) is 15.4. The molecule has 4 saturated carbocycles. The summed E-state index contributed by atoms with van der Waals surface area (Å²) in [6, 6.07) is 0. The van der Waals surface area contributed by atoms with E-state index in [1.807, 2.05) is 0 Å². The highest BCUT2D eigenvalue weighted by molar-refractivity contribution is 5.79. The van der Waals surface area contributed by atoms with Crippen LogP contribution >= 0.6 is 0 Å². The summed E-state index contributed by atoms with van der Waals surface area (Å²) < 4.78 is 106. The van der Waals surface area contributed by atoms with Gasteiger partial charge in [0.1, 0.15) is 189 Å². The van der Waals surface area contributed by atoms with Crippen LogP contribution in [0.5, 0.6) is 0 Å². The molecule has 14 rings (SSSR count). The molecule has 0 aromatic rings. The maximum atomic E-state index is 15.4. The van der Waals surface area contributed by atoms with Crippen LogP contribution in [0.3, 0.4) is 0 Å². The highest BCUT2D eigenvalue weighted by Crippen LogP contribution is 2.76. The zero-order valence-corrected chi connectivity index (χ0v) is 71.5. The topological polar surface area (TPSA) is 669 Å². The Labute approximate surface area is 721 Å². The summed E-state index contributed by atoms with van der Waals surface area (Å²) >= 11 is 0. The van der Waals surface area contributed by atoms with Crippen LogP contribution in [0.15, 0.2) is 11.6 Å². The fourth-order valence-electron chi connectivity index (χ4n) is 23.0. The molecular formula is C82H134O43. The molecule has 5 aliphatic carbocycles. The Morgan fingerprint density at radius 2 is 0.832 bits per heavy atom. The van der Waals surface area contributed by atoms with Gasteiger partial charge in [-0.05, 0) is 130 Å². The molecule has 0 aromatic heterocycles. The second-order valence-electron chi connectivity index (χ2n) is 39.4. The minimum absolute atomic E-state index is 0.0268. The normalized spacial score (nSPS) is 54.9. The van der Waals surface area contributed by atoms with Crippen LogP contribution < -0.4 is 0 Å². The predicted octanol–water partition coefficient (Wildman–Crippen LogP) is -8.55. The lowest BCUT2D eigenvalue weighted by Gasteiger charge is -2.71. The Bertz CT molecular complexity index is 3610. The number of aliphatic hydroxyl groups is 24. The summed E-state index contributed by atoms with van der Waals surface area (Å²) in [5.74, 6) is -0.851. The first kappa shape index (κ1) is 98.6. The van der Waals surface area contributed by atoms with Crippen molar-refractivity contribution in [3.63, 3.8) is 0 Å². The van der Waals surface area contributed by atoms with Gasteiger partial charge in [0.05, 0.1) is 69.5 Å². The number of esters is 1. The van der Waals surface area contributed by atoms with Crippen molar-refractivity contribution in [3.05, 3.63) is 11.6 Å². The summed E-state index contributed by atoms with van der Waals surface area (Å²) in [7, 11) is 0. The maximum absolute atomic E-state index is 15.4. The number of hydrogen-bond acceptors (Lipinski definition) is 43. The monoisotopic (exact) mass is 1810 g/mol. The van der Waals surface area contributed by atoms with Gasteiger partial charge in [0.2, 0.25) is 6.29 Å². The summed E-state index contributed by atoms with van der Waals surface area (Å²) in [5, 5.41) is 264. The molecule has 0 spiro atoms. The lowest BCUT2D eigenvalue weighted by atomic mass is 9.33. The lowest BCUT2D eigenvalue weighted by molar-refractivity contribution is -0.387. The summed E-state index contributed by atoms with van der Waals surface area (Å²) in [6.45, 7) is 15.7. The Balaban J connectivity index is 0.590. The van der Waals surface area contributed by atoms with Crippen LogP contribution in [0.1, 0.15) is 133 Å². The van der Waals surface area contributed by atoms with Gasteiger partial charge in [-0.25, -0.2) is 0 Å². The maximum Gasteiger partial charge on any atom is 0.315 e. The van der Waals surface area contributed by atoms with Crippen molar-refractivity contribution in [1.82, 2.24) is 0 Å². The Morgan fingerprint density at radius 1 is 0.384 bits per heavy atom. The van der Waals surface area contributed by atoms with Gasteiger partial charge in [-0.1, -0.05) is 60.1 Å². The van der Waals surface area contributed by atoms with Crippen molar-refractivity contribution in [3.8, 4) is 0 Å². The van der Waals surface area contributed by atoms with E-state index < -0.39 is 325 Å². The van der Waals surface area contributed by atoms with E-state index in [-0.39, 0.29) is 40.6 Å². The minimum Gasteiger partial charge on any atom is -0.432 e. The van der Waals surface area contributed by atoms with E-state index in [0.717, 1.165) is 18.4 Å². The highest BCUT2D eigenvalue weighted by atomic mass is 16.8. The third-order valence-corrected chi connectivity index (χ3v) is 31.1. The number of carbonyl (C=O) groups excluding carboxylic acids is 1. The molecule has 0 radical (unpaired) electrons. The van der Waals surface area contributed by atoms with E-state index in [9.17, 15) is 123 Å². The number of ether oxygens (including phenoxy) is 18. The first-order valence-corrected chi connectivity index (χ1v) is 43.8. The standard InChI is InChI=1S/C82H134O43/c1-28-42(86)49(93)56(100)67(112-28)109-25-36-46(90)51(95)58(102)72(118-36)122-64-35(23-84)116-71(61(105)54(64)98)117-38-27-111-69(55(99)48(38)92)123-65-44(88)30(3)114-74(62(65)106)124-66-45(89)33(85)24-108-75(66)120-41-14-15-79(8)39(78(41,6)7)13-16-81(10)40(79)12-11-31-32-21-77(4,5)17-19-82(32,20-18-80(31,81)9)76(107)125-73-59(103)52(96)47(91)37(119-73)26-110-68-60(104)53(97)63(34(22-83)115-68)121-70-57(101)50(94)43(87)29(2)113-70/h11,28-30,32-75,83-106H,12-27H2,1-10H3/t28-,29-,30-,32-,33-,34+,35+,36+,37+,38+,39-,40+,41-,42-,43-,44-,45-,46+,47+,48+,49+,50+,51-,52-,53+,54+,55+,56+,57+,58?,59+,60+,61+,62+,63+,64+,65+,66+,67+,68+,69-,70-,71-,72-,73-,74-,75-,79-,80+,81+,82-/m0/s1. The fraction of sp³-hybridized carbons (Fsp3) is 0.963. The Morgan fingerprint density at radius 3 is 1.42 bits per heavy atom. The number of aliphatic hydroxyl groups excluding tert-OH is 24. The van der Waals surface area contributed by atoms with Crippen LogP contribution in [-0.4, -0.2) is 438 Å². The average Bonchev–Trinajstić information content (AvgIpc) is 0.673. The largest absolute Gasteiger partial charge is 0.432 e. The van der Waals surface area contributed by atoms with Gasteiger partial charge in [0, 0.05) is 0 Å². The number of hydrogen-bond donors (Lipinski definition) is 24. The Kier molecular flexibility index (Phi) is 30.0. The molecule has 0 amide bonds. The second-order valence-corrected chi connectivity index (χ2v) is 39.4. The third-order valence-electron chi connectivity index (χ3n) is 31.1. The van der Waals surface area contributed by atoms with Crippen molar-refractivity contribution in [2.24, 2.45) is 50.2 Å². The minimum atomic E-state index is -2.09. The average molecular weight is 1810 g/mol. The molecule has 125 heavy (non-hydrogen) atoms. The van der Waals surface area contributed by atoms with Crippen LogP contribution in [0.2, 0.25) is 0 Å². The van der Waals surface area contributed by atoms with E-state index in [4.69, 9.17) is 85.3 Å². The van der Waals surface area contributed by atoms with Crippen LogP contribution in [0.25, 0.3) is 0 Å². The van der Waals surface area contributed by atoms with E-state index in [1.165, 1.54) is 20.8 Å². The zero-order valence-electron chi connectivity index (χ0n) is 71.5. The number of carbonyl (C=O) groups is 1.